The number of amides is 1. The molecule has 2 aromatic rings. The van der Waals surface area contributed by atoms with Gasteiger partial charge >= 0.3 is 0 Å². The third-order valence-electron chi connectivity index (χ3n) is 3.36. The zero-order chi connectivity index (χ0) is 15.5. The van der Waals surface area contributed by atoms with E-state index in [-0.39, 0.29) is 5.56 Å². The van der Waals surface area contributed by atoms with Crippen molar-refractivity contribution in [3.05, 3.63) is 52.5 Å². The highest BCUT2D eigenvalue weighted by Gasteiger charge is 2.21. The largest absolute Gasteiger partial charge is 0.493 e. The van der Waals surface area contributed by atoms with Crippen molar-refractivity contribution < 1.29 is 13.9 Å². The van der Waals surface area contributed by atoms with Gasteiger partial charge in [-0.05, 0) is 65.0 Å². The number of rotatable bonds is 5. The normalized spacial score (nSPS) is 13.7. The van der Waals surface area contributed by atoms with Gasteiger partial charge < -0.3 is 10.1 Å². The minimum Gasteiger partial charge on any atom is -0.493 e. The maximum atomic E-state index is 13.6. The molecule has 1 aliphatic carbocycles. The number of hydrogen-bond donors (Lipinski definition) is 1. The molecule has 1 N–H and O–H groups in total. The van der Waals surface area contributed by atoms with E-state index in [2.05, 4.69) is 26.2 Å². The number of hydrogen-bond acceptors (Lipinski definition) is 3. The van der Waals surface area contributed by atoms with Crippen LogP contribution in [0.25, 0.3) is 0 Å². The number of nitrogens with zero attached hydrogens (tertiary/aromatic N) is 1. The second kappa shape index (κ2) is 6.44. The van der Waals surface area contributed by atoms with Gasteiger partial charge in [-0.1, -0.05) is 0 Å². The SMILES string of the molecule is O=C(Nc1ccc(OCC2CC2)cc1)c1cc(Br)ncc1F. The Morgan fingerprint density at radius 3 is 2.77 bits per heavy atom. The average molecular weight is 365 g/mol. The highest BCUT2D eigenvalue weighted by atomic mass is 79.9. The molecule has 1 heterocycles. The van der Waals surface area contributed by atoms with Gasteiger partial charge in [-0.2, -0.15) is 0 Å². The summed E-state index contributed by atoms with van der Waals surface area (Å²) in [7, 11) is 0. The summed E-state index contributed by atoms with van der Waals surface area (Å²) >= 11 is 3.12. The van der Waals surface area contributed by atoms with Crippen LogP contribution in [0.4, 0.5) is 10.1 Å². The summed E-state index contributed by atoms with van der Waals surface area (Å²) in [6.07, 6.45) is 3.48. The molecule has 0 spiro atoms. The first-order valence-electron chi connectivity index (χ1n) is 6.97. The second-order valence-electron chi connectivity index (χ2n) is 5.22. The summed E-state index contributed by atoms with van der Waals surface area (Å²) in [5.41, 5.74) is 0.520. The van der Waals surface area contributed by atoms with Crippen molar-refractivity contribution in [1.82, 2.24) is 4.98 Å². The van der Waals surface area contributed by atoms with Crippen molar-refractivity contribution in [3.8, 4) is 5.75 Å². The molecule has 3 rings (SSSR count). The molecule has 1 aromatic carbocycles. The van der Waals surface area contributed by atoms with Gasteiger partial charge in [0.05, 0.1) is 18.4 Å². The van der Waals surface area contributed by atoms with E-state index in [4.69, 9.17) is 4.74 Å². The Balaban J connectivity index is 1.64. The Morgan fingerprint density at radius 2 is 2.09 bits per heavy atom. The van der Waals surface area contributed by atoms with Gasteiger partial charge in [0.1, 0.15) is 10.4 Å². The molecule has 0 atom stereocenters. The minimum atomic E-state index is -0.662. The zero-order valence-corrected chi connectivity index (χ0v) is 13.3. The molecule has 1 amide bonds. The predicted molar refractivity (Wildman–Crippen MR) is 84.5 cm³/mol. The monoisotopic (exact) mass is 364 g/mol. The molecule has 1 aromatic heterocycles. The van der Waals surface area contributed by atoms with Gasteiger partial charge in [0.15, 0.2) is 5.82 Å². The predicted octanol–water partition coefficient (Wildman–Crippen LogP) is 4.02. The number of carbonyl (C=O) groups excluding carboxylic acids is 1. The lowest BCUT2D eigenvalue weighted by molar-refractivity contribution is 0.102. The Bertz CT molecular complexity index is 687. The maximum Gasteiger partial charge on any atom is 0.258 e. The lowest BCUT2D eigenvalue weighted by Gasteiger charge is -2.08. The van der Waals surface area contributed by atoms with Gasteiger partial charge in [-0.3, -0.25) is 4.79 Å². The van der Waals surface area contributed by atoms with Gasteiger partial charge in [0, 0.05) is 5.69 Å². The van der Waals surface area contributed by atoms with E-state index < -0.39 is 11.7 Å². The standard InChI is InChI=1S/C16H14BrFN2O2/c17-15-7-13(14(18)8-19-15)16(21)20-11-3-5-12(6-4-11)22-9-10-1-2-10/h3-8,10H,1-2,9H2,(H,20,21). The van der Waals surface area contributed by atoms with Crippen LogP contribution in [0.2, 0.25) is 0 Å². The van der Waals surface area contributed by atoms with Crippen molar-refractivity contribution in [1.29, 1.82) is 0 Å². The minimum absolute atomic E-state index is 0.0593. The molecule has 1 aliphatic rings. The van der Waals surface area contributed by atoms with Crippen molar-refractivity contribution in [3.63, 3.8) is 0 Å². The Hall–Kier alpha value is -1.95. The van der Waals surface area contributed by atoms with Crippen LogP contribution in [0.15, 0.2) is 41.1 Å². The van der Waals surface area contributed by atoms with Crippen LogP contribution in [-0.2, 0) is 0 Å². The van der Waals surface area contributed by atoms with E-state index >= 15 is 0 Å². The Morgan fingerprint density at radius 1 is 1.36 bits per heavy atom. The van der Waals surface area contributed by atoms with Gasteiger partial charge in [0.25, 0.3) is 5.91 Å². The highest BCUT2D eigenvalue weighted by molar-refractivity contribution is 9.10. The molecule has 6 heteroatoms. The van der Waals surface area contributed by atoms with Crippen molar-refractivity contribution >= 4 is 27.5 Å². The molecule has 1 fully saturated rings. The third kappa shape index (κ3) is 3.82. The molecule has 0 radical (unpaired) electrons. The summed E-state index contributed by atoms with van der Waals surface area (Å²) in [4.78, 5) is 15.8. The molecule has 22 heavy (non-hydrogen) atoms. The van der Waals surface area contributed by atoms with Crippen molar-refractivity contribution in [2.24, 2.45) is 5.92 Å². The van der Waals surface area contributed by atoms with E-state index in [1.807, 2.05) is 0 Å². The molecule has 0 aliphatic heterocycles. The van der Waals surface area contributed by atoms with Crippen molar-refractivity contribution in [2.75, 3.05) is 11.9 Å². The van der Waals surface area contributed by atoms with Crippen LogP contribution >= 0.6 is 15.9 Å². The smallest absolute Gasteiger partial charge is 0.258 e. The van der Waals surface area contributed by atoms with Crippen LogP contribution in [0.1, 0.15) is 23.2 Å². The number of halogens is 2. The van der Waals surface area contributed by atoms with E-state index in [0.29, 0.717) is 16.2 Å². The van der Waals surface area contributed by atoms with E-state index in [0.717, 1.165) is 18.6 Å². The Kier molecular flexibility index (Phi) is 4.38. The number of nitrogens with one attached hydrogen (secondary N) is 1. The van der Waals surface area contributed by atoms with Crippen molar-refractivity contribution in [2.45, 2.75) is 12.8 Å². The summed E-state index contributed by atoms with van der Waals surface area (Å²) in [5, 5.41) is 2.65. The number of carbonyl (C=O) groups is 1. The van der Waals surface area contributed by atoms with Crippen LogP contribution < -0.4 is 10.1 Å². The molecule has 4 nitrogen and oxygen atoms in total. The van der Waals surface area contributed by atoms with E-state index in [1.165, 1.54) is 18.9 Å². The summed E-state index contributed by atoms with van der Waals surface area (Å²) in [6.45, 7) is 0.738. The van der Waals surface area contributed by atoms with Crippen LogP contribution in [0, 0.1) is 11.7 Å². The molecule has 0 bridgehead atoms. The fourth-order valence-corrected chi connectivity index (χ4v) is 2.25. The zero-order valence-electron chi connectivity index (χ0n) is 11.7. The molecule has 0 saturated heterocycles. The molecule has 0 unspecified atom stereocenters. The molecular weight excluding hydrogens is 351 g/mol. The van der Waals surface area contributed by atoms with Crippen LogP contribution in [-0.4, -0.2) is 17.5 Å². The molecule has 1 saturated carbocycles. The van der Waals surface area contributed by atoms with E-state index in [9.17, 15) is 9.18 Å². The molecular formula is C16H14BrFN2O2. The van der Waals surface area contributed by atoms with E-state index in [1.54, 1.807) is 24.3 Å². The summed E-state index contributed by atoms with van der Waals surface area (Å²) in [6, 6.07) is 8.38. The van der Waals surface area contributed by atoms with Crippen LogP contribution in [0.5, 0.6) is 5.75 Å². The second-order valence-corrected chi connectivity index (χ2v) is 6.03. The first-order chi connectivity index (χ1) is 10.6. The lowest BCUT2D eigenvalue weighted by Crippen LogP contribution is -2.14. The fraction of sp³-hybridized carbons (Fsp3) is 0.250. The summed E-state index contributed by atoms with van der Waals surface area (Å²) in [5.74, 6) is 0.271. The number of anilines is 1. The maximum absolute atomic E-state index is 13.6. The number of ether oxygens (including phenoxy) is 1. The molecule has 114 valence electrons. The third-order valence-corrected chi connectivity index (χ3v) is 3.80. The first-order valence-corrected chi connectivity index (χ1v) is 7.76. The first kappa shape index (κ1) is 15.0. The van der Waals surface area contributed by atoms with Gasteiger partial charge in [-0.15, -0.1) is 0 Å². The Labute approximate surface area is 135 Å². The lowest BCUT2D eigenvalue weighted by atomic mass is 10.2. The number of benzene rings is 1. The highest BCUT2D eigenvalue weighted by Crippen LogP contribution is 2.29. The number of aromatic nitrogens is 1. The van der Waals surface area contributed by atoms with Gasteiger partial charge in [0.2, 0.25) is 0 Å². The average Bonchev–Trinajstić information content (AvgIpc) is 3.33. The number of pyridine rings is 1. The van der Waals surface area contributed by atoms with Crippen LogP contribution in [0.3, 0.4) is 0 Å². The topological polar surface area (TPSA) is 51.2 Å². The fourth-order valence-electron chi connectivity index (χ4n) is 1.92. The van der Waals surface area contributed by atoms with Gasteiger partial charge in [-0.25, -0.2) is 9.37 Å². The quantitative estimate of drug-likeness (QED) is 0.815. The summed E-state index contributed by atoms with van der Waals surface area (Å²) < 4.78 is 19.6.